The summed E-state index contributed by atoms with van der Waals surface area (Å²) in [6, 6.07) is 1.60. The molecular weight excluding hydrogens is 186 g/mol. The molecule has 0 atom stereocenters. The summed E-state index contributed by atoms with van der Waals surface area (Å²) in [5, 5.41) is 11.5. The maximum atomic E-state index is 10.5. The molecule has 2 N–H and O–H groups in total. The van der Waals surface area contributed by atoms with Gasteiger partial charge in [-0.05, 0) is 6.07 Å². The number of aromatic carboxylic acids is 1. The third-order valence-electron chi connectivity index (χ3n) is 1.46. The van der Waals surface area contributed by atoms with E-state index >= 15 is 0 Å². The lowest BCUT2D eigenvalue weighted by molar-refractivity contribution is 0.0683. The maximum Gasteiger partial charge on any atom is 0.374 e. The van der Waals surface area contributed by atoms with E-state index in [0.717, 1.165) is 0 Å². The summed E-state index contributed by atoms with van der Waals surface area (Å²) in [4.78, 5) is 17.9. The SMILES string of the molecule is COCCNc1ccnc(C(=O)O)n1. The first-order valence-electron chi connectivity index (χ1n) is 4.03. The van der Waals surface area contributed by atoms with Crippen molar-refractivity contribution < 1.29 is 14.6 Å². The number of hydrogen-bond donors (Lipinski definition) is 2. The van der Waals surface area contributed by atoms with E-state index in [1.807, 2.05) is 0 Å². The molecule has 0 fully saturated rings. The van der Waals surface area contributed by atoms with Gasteiger partial charge in [0, 0.05) is 19.9 Å². The van der Waals surface area contributed by atoms with Gasteiger partial charge in [0.05, 0.1) is 6.61 Å². The summed E-state index contributed by atoms with van der Waals surface area (Å²) >= 11 is 0. The molecule has 6 nitrogen and oxygen atoms in total. The molecule has 1 rings (SSSR count). The molecule has 0 unspecified atom stereocenters. The standard InChI is InChI=1S/C8H11N3O3/c1-14-5-4-9-6-2-3-10-7(11-6)8(12)13/h2-3H,4-5H2,1H3,(H,12,13)(H,9,10,11). The van der Waals surface area contributed by atoms with Crippen LogP contribution in [0.3, 0.4) is 0 Å². The van der Waals surface area contributed by atoms with E-state index in [9.17, 15) is 4.79 Å². The average molecular weight is 197 g/mol. The lowest BCUT2D eigenvalue weighted by Gasteiger charge is -2.04. The molecule has 1 aromatic rings. The first-order valence-corrected chi connectivity index (χ1v) is 4.03. The molecule has 1 heterocycles. The Morgan fingerprint density at radius 3 is 3.14 bits per heavy atom. The van der Waals surface area contributed by atoms with E-state index in [1.54, 1.807) is 13.2 Å². The van der Waals surface area contributed by atoms with Gasteiger partial charge < -0.3 is 15.2 Å². The average Bonchev–Trinajstić information content (AvgIpc) is 2.19. The van der Waals surface area contributed by atoms with Crippen LogP contribution in [-0.2, 0) is 4.74 Å². The molecule has 0 saturated heterocycles. The number of carbonyl (C=O) groups is 1. The van der Waals surface area contributed by atoms with E-state index < -0.39 is 5.97 Å². The Bertz CT molecular complexity index is 316. The Balaban J connectivity index is 2.59. The van der Waals surface area contributed by atoms with Gasteiger partial charge in [0.15, 0.2) is 0 Å². The maximum absolute atomic E-state index is 10.5. The van der Waals surface area contributed by atoms with Gasteiger partial charge in [-0.2, -0.15) is 0 Å². The highest BCUT2D eigenvalue weighted by Crippen LogP contribution is 2.00. The van der Waals surface area contributed by atoms with Gasteiger partial charge in [0.2, 0.25) is 5.82 Å². The predicted molar refractivity (Wildman–Crippen MR) is 49.4 cm³/mol. The number of ether oxygens (including phenoxy) is 1. The van der Waals surface area contributed by atoms with E-state index in [2.05, 4.69) is 15.3 Å². The lowest BCUT2D eigenvalue weighted by atomic mass is 10.5. The number of methoxy groups -OCH3 is 1. The van der Waals surface area contributed by atoms with Crippen molar-refractivity contribution in [3.8, 4) is 0 Å². The molecule has 0 saturated carbocycles. The largest absolute Gasteiger partial charge is 0.475 e. The van der Waals surface area contributed by atoms with Crippen LogP contribution in [0, 0.1) is 0 Å². The van der Waals surface area contributed by atoms with E-state index in [-0.39, 0.29) is 5.82 Å². The van der Waals surface area contributed by atoms with Crippen LogP contribution < -0.4 is 5.32 Å². The van der Waals surface area contributed by atoms with E-state index in [1.165, 1.54) is 6.20 Å². The van der Waals surface area contributed by atoms with E-state index in [4.69, 9.17) is 9.84 Å². The van der Waals surface area contributed by atoms with Crippen molar-refractivity contribution in [1.82, 2.24) is 9.97 Å². The summed E-state index contributed by atoms with van der Waals surface area (Å²) in [5.74, 6) is -0.873. The minimum absolute atomic E-state index is 0.215. The van der Waals surface area contributed by atoms with Gasteiger partial charge in [0.1, 0.15) is 5.82 Å². The highest BCUT2D eigenvalue weighted by atomic mass is 16.5. The molecule has 0 aliphatic heterocycles. The van der Waals surface area contributed by atoms with Crippen LogP contribution in [0.15, 0.2) is 12.3 Å². The van der Waals surface area contributed by atoms with Gasteiger partial charge >= 0.3 is 5.97 Å². The molecule has 0 aliphatic carbocycles. The molecule has 0 bridgehead atoms. The zero-order valence-electron chi connectivity index (χ0n) is 7.73. The fourth-order valence-corrected chi connectivity index (χ4v) is 0.841. The molecule has 76 valence electrons. The number of nitrogens with one attached hydrogen (secondary N) is 1. The second-order valence-corrected chi connectivity index (χ2v) is 2.49. The third-order valence-corrected chi connectivity index (χ3v) is 1.46. The smallest absolute Gasteiger partial charge is 0.374 e. The Hall–Kier alpha value is -1.69. The van der Waals surface area contributed by atoms with Gasteiger partial charge in [-0.25, -0.2) is 14.8 Å². The number of carboxylic acids is 1. The second kappa shape index (κ2) is 5.13. The van der Waals surface area contributed by atoms with Gasteiger partial charge in [-0.15, -0.1) is 0 Å². The van der Waals surface area contributed by atoms with Crippen molar-refractivity contribution in [3.63, 3.8) is 0 Å². The van der Waals surface area contributed by atoms with Crippen LogP contribution in [0.2, 0.25) is 0 Å². The van der Waals surface area contributed by atoms with Crippen molar-refractivity contribution in [1.29, 1.82) is 0 Å². The lowest BCUT2D eigenvalue weighted by Crippen LogP contribution is -2.11. The van der Waals surface area contributed by atoms with E-state index in [0.29, 0.717) is 19.0 Å². The Morgan fingerprint density at radius 2 is 2.50 bits per heavy atom. The number of nitrogens with zero attached hydrogens (tertiary/aromatic N) is 2. The van der Waals surface area contributed by atoms with Gasteiger partial charge in [0.25, 0.3) is 0 Å². The zero-order valence-corrected chi connectivity index (χ0v) is 7.73. The zero-order chi connectivity index (χ0) is 10.4. The molecule has 6 heteroatoms. The highest BCUT2D eigenvalue weighted by molar-refractivity contribution is 5.83. The Labute approximate surface area is 80.9 Å². The number of hydrogen-bond acceptors (Lipinski definition) is 5. The molecule has 0 radical (unpaired) electrons. The molecule has 0 spiro atoms. The molecule has 0 aromatic carbocycles. The Morgan fingerprint density at radius 1 is 1.71 bits per heavy atom. The number of carboxylic acid groups (broad SMARTS) is 1. The van der Waals surface area contributed by atoms with Crippen LogP contribution >= 0.6 is 0 Å². The topological polar surface area (TPSA) is 84.3 Å². The van der Waals surface area contributed by atoms with Crippen LogP contribution in [-0.4, -0.2) is 41.3 Å². The minimum atomic E-state index is -1.14. The highest BCUT2D eigenvalue weighted by Gasteiger charge is 2.05. The number of anilines is 1. The molecular formula is C8H11N3O3. The number of rotatable bonds is 5. The normalized spacial score (nSPS) is 9.79. The predicted octanol–water partition coefficient (Wildman–Crippen LogP) is 0.233. The van der Waals surface area contributed by atoms with Crippen molar-refractivity contribution in [3.05, 3.63) is 18.1 Å². The summed E-state index contributed by atoms with van der Waals surface area (Å²) in [7, 11) is 1.59. The van der Waals surface area contributed by atoms with Crippen LogP contribution in [0.1, 0.15) is 10.6 Å². The fraction of sp³-hybridized carbons (Fsp3) is 0.375. The van der Waals surface area contributed by atoms with Crippen molar-refractivity contribution in [2.75, 3.05) is 25.6 Å². The monoisotopic (exact) mass is 197 g/mol. The number of aromatic nitrogens is 2. The first-order chi connectivity index (χ1) is 6.74. The van der Waals surface area contributed by atoms with Crippen molar-refractivity contribution in [2.45, 2.75) is 0 Å². The van der Waals surface area contributed by atoms with Crippen LogP contribution in [0.5, 0.6) is 0 Å². The van der Waals surface area contributed by atoms with Gasteiger partial charge in [-0.3, -0.25) is 0 Å². The summed E-state index contributed by atoms with van der Waals surface area (Å²) in [6.45, 7) is 1.11. The summed E-state index contributed by atoms with van der Waals surface area (Å²) < 4.78 is 4.82. The minimum Gasteiger partial charge on any atom is -0.475 e. The second-order valence-electron chi connectivity index (χ2n) is 2.49. The summed E-state index contributed by atoms with van der Waals surface area (Å²) in [6.07, 6.45) is 1.39. The quantitative estimate of drug-likeness (QED) is 0.657. The molecule has 14 heavy (non-hydrogen) atoms. The van der Waals surface area contributed by atoms with Gasteiger partial charge in [-0.1, -0.05) is 0 Å². The molecule has 0 aliphatic rings. The van der Waals surface area contributed by atoms with Crippen molar-refractivity contribution in [2.24, 2.45) is 0 Å². The summed E-state index contributed by atoms with van der Waals surface area (Å²) in [5.41, 5.74) is 0. The molecule has 1 aromatic heterocycles. The fourth-order valence-electron chi connectivity index (χ4n) is 0.841. The van der Waals surface area contributed by atoms with Crippen LogP contribution in [0.25, 0.3) is 0 Å². The molecule has 0 amide bonds. The van der Waals surface area contributed by atoms with Crippen LogP contribution in [0.4, 0.5) is 5.82 Å². The first kappa shape index (κ1) is 10.4. The van der Waals surface area contributed by atoms with Crippen molar-refractivity contribution >= 4 is 11.8 Å². The Kier molecular flexibility index (Phi) is 3.81. The third kappa shape index (κ3) is 2.98.